The SMILES string of the molecule is C1CCCC1.C1CCCC1.[CH2-]CC(=[C-]P(=O)(OCC)OCC)CCOCc1ccccc1.[Zr+4]. The van der Waals surface area contributed by atoms with Crippen LogP contribution in [0.2, 0.25) is 0 Å². The van der Waals surface area contributed by atoms with Crippen LogP contribution in [0.5, 0.6) is 0 Å². The fourth-order valence-electron chi connectivity index (χ4n) is 3.60. The predicted octanol–water partition coefficient (Wildman–Crippen LogP) is 8.67. The molecular weight excluding hydrogens is 510 g/mol. The molecule has 0 aromatic heterocycles. The third kappa shape index (κ3) is 18.0. The molecule has 0 N–H and O–H groups in total. The summed E-state index contributed by atoms with van der Waals surface area (Å²) in [6.07, 6.45) is 16.1. The molecule has 0 aliphatic heterocycles. The summed E-state index contributed by atoms with van der Waals surface area (Å²) in [5.41, 5.74) is 1.93. The van der Waals surface area contributed by atoms with Crippen molar-refractivity contribution in [3.8, 4) is 0 Å². The maximum absolute atomic E-state index is 12.4. The standard InChI is InChI=1S/C17H25O4P.2C5H10.Zr/c1-4-16(15-22(18,20-5-2)21-6-3)12-13-19-14-17-10-8-7-9-11-17;2*1-2-4-5-3-1;/h7-11H,1,4-6,12-14H2,2-3H3;2*1-5H2;/q-2;;;+4. The van der Waals surface area contributed by atoms with E-state index in [1.165, 1.54) is 64.2 Å². The molecule has 0 bridgehead atoms. The van der Waals surface area contributed by atoms with Crippen LogP contribution in [0.3, 0.4) is 0 Å². The average molecular weight is 556 g/mol. The molecule has 0 radical (unpaired) electrons. The van der Waals surface area contributed by atoms with Gasteiger partial charge in [-0.2, -0.15) is 6.42 Å². The summed E-state index contributed by atoms with van der Waals surface area (Å²) >= 11 is 0. The first kappa shape index (κ1) is 33.0. The molecule has 0 atom stereocenters. The van der Waals surface area contributed by atoms with Crippen molar-refractivity contribution in [2.75, 3.05) is 19.8 Å². The first-order valence-electron chi connectivity index (χ1n) is 12.6. The Morgan fingerprint density at radius 3 is 1.73 bits per heavy atom. The van der Waals surface area contributed by atoms with Crippen molar-refractivity contribution in [3.63, 3.8) is 0 Å². The minimum atomic E-state index is -3.28. The first-order chi connectivity index (χ1) is 15.6. The Balaban J connectivity index is 0.000000754. The summed E-state index contributed by atoms with van der Waals surface area (Å²) in [6, 6.07) is 9.97. The molecule has 2 saturated carbocycles. The molecule has 0 spiro atoms. The summed E-state index contributed by atoms with van der Waals surface area (Å²) < 4.78 is 28.4. The van der Waals surface area contributed by atoms with Crippen LogP contribution in [-0.4, -0.2) is 19.8 Å². The Bertz CT molecular complexity index is 593. The van der Waals surface area contributed by atoms with Gasteiger partial charge < -0.3 is 26.5 Å². The second kappa shape index (κ2) is 22.4. The van der Waals surface area contributed by atoms with Crippen molar-refractivity contribution >= 4 is 7.60 Å². The molecule has 1 aromatic rings. The van der Waals surface area contributed by atoms with Gasteiger partial charge in [-0.05, 0) is 25.8 Å². The van der Waals surface area contributed by atoms with Crippen molar-refractivity contribution in [1.82, 2.24) is 0 Å². The largest absolute Gasteiger partial charge is 4.00 e. The molecule has 0 unspecified atom stereocenters. The van der Waals surface area contributed by atoms with E-state index in [1.54, 1.807) is 13.8 Å². The minimum Gasteiger partial charge on any atom is -0.377 e. The van der Waals surface area contributed by atoms with Crippen LogP contribution >= 0.6 is 7.60 Å². The maximum atomic E-state index is 12.4. The number of benzene rings is 1. The monoisotopic (exact) mass is 554 g/mol. The van der Waals surface area contributed by atoms with Crippen molar-refractivity contribution in [3.05, 3.63) is 54.2 Å². The zero-order valence-electron chi connectivity index (χ0n) is 21.0. The van der Waals surface area contributed by atoms with Crippen molar-refractivity contribution < 1.29 is 44.6 Å². The Kier molecular flexibility index (Phi) is 22.4. The summed E-state index contributed by atoms with van der Waals surface area (Å²) in [5, 5.41) is 0. The van der Waals surface area contributed by atoms with Crippen LogP contribution in [0.1, 0.15) is 96.5 Å². The van der Waals surface area contributed by atoms with Gasteiger partial charge in [-0.25, -0.2) is 0 Å². The Labute approximate surface area is 222 Å². The van der Waals surface area contributed by atoms with E-state index < -0.39 is 7.60 Å². The number of hydrogen-bond donors (Lipinski definition) is 0. The first-order valence-corrected chi connectivity index (χ1v) is 14.1. The van der Waals surface area contributed by atoms with Gasteiger partial charge in [0.25, 0.3) is 0 Å². The summed E-state index contributed by atoms with van der Waals surface area (Å²) in [6.45, 7) is 9.11. The zero-order chi connectivity index (χ0) is 23.3. The van der Waals surface area contributed by atoms with Gasteiger partial charge in [-0.15, -0.1) is 0 Å². The second-order valence-electron chi connectivity index (χ2n) is 8.12. The molecule has 1 aromatic carbocycles. The third-order valence-electron chi connectivity index (χ3n) is 5.35. The molecule has 4 nitrogen and oxygen atoms in total. The van der Waals surface area contributed by atoms with Gasteiger partial charge in [-0.3, -0.25) is 10.1 Å². The molecule has 33 heavy (non-hydrogen) atoms. The van der Waals surface area contributed by atoms with E-state index >= 15 is 0 Å². The molecule has 2 fully saturated rings. The third-order valence-corrected chi connectivity index (χ3v) is 7.14. The molecular formula is C27H45O4PZr+2. The molecule has 3 rings (SSSR count). The van der Waals surface area contributed by atoms with E-state index in [9.17, 15) is 4.57 Å². The van der Waals surface area contributed by atoms with E-state index in [1.807, 2.05) is 30.3 Å². The Morgan fingerprint density at radius 2 is 1.33 bits per heavy atom. The van der Waals surface area contributed by atoms with Crippen molar-refractivity contribution in [1.29, 1.82) is 0 Å². The van der Waals surface area contributed by atoms with E-state index in [-0.39, 0.29) is 26.2 Å². The van der Waals surface area contributed by atoms with Crippen LogP contribution in [0.25, 0.3) is 0 Å². The molecule has 0 amide bonds. The Morgan fingerprint density at radius 1 is 0.879 bits per heavy atom. The summed E-state index contributed by atoms with van der Waals surface area (Å²) in [5.74, 6) is 2.87. The summed E-state index contributed by atoms with van der Waals surface area (Å²) in [4.78, 5) is 0. The molecule has 184 valence electrons. The van der Waals surface area contributed by atoms with Gasteiger partial charge in [0, 0.05) is 6.61 Å². The Hall–Kier alpha value is -0.0469. The average Bonchev–Trinajstić information content (AvgIpc) is 3.56. The van der Waals surface area contributed by atoms with Crippen LogP contribution < -0.4 is 0 Å². The van der Waals surface area contributed by atoms with E-state index in [4.69, 9.17) is 13.8 Å². The summed E-state index contributed by atoms with van der Waals surface area (Å²) in [7, 11) is -3.28. The minimum absolute atomic E-state index is 0. The van der Waals surface area contributed by atoms with Gasteiger partial charge in [0.15, 0.2) is 7.60 Å². The van der Waals surface area contributed by atoms with Gasteiger partial charge in [-0.1, -0.05) is 94.5 Å². The number of hydrogen-bond acceptors (Lipinski definition) is 4. The molecule has 0 saturated heterocycles. The van der Waals surface area contributed by atoms with Crippen molar-refractivity contribution in [2.24, 2.45) is 0 Å². The van der Waals surface area contributed by atoms with Crippen LogP contribution in [0.15, 0.2) is 35.9 Å². The number of ether oxygens (including phenoxy) is 1. The van der Waals surface area contributed by atoms with Crippen LogP contribution in [0.4, 0.5) is 0 Å². The predicted molar refractivity (Wildman–Crippen MR) is 134 cm³/mol. The quantitative estimate of drug-likeness (QED) is 0.156. The van der Waals surface area contributed by atoms with Gasteiger partial charge in [0.05, 0.1) is 19.8 Å². The van der Waals surface area contributed by atoms with Crippen LogP contribution in [0, 0.1) is 12.7 Å². The molecule has 0 heterocycles. The topological polar surface area (TPSA) is 44.8 Å². The fraction of sp³-hybridized carbons (Fsp3) is 0.667. The number of rotatable bonds is 11. The van der Waals surface area contributed by atoms with E-state index in [0.717, 1.165) is 11.1 Å². The zero-order valence-corrected chi connectivity index (χ0v) is 24.3. The van der Waals surface area contributed by atoms with E-state index in [2.05, 4.69) is 12.7 Å². The van der Waals surface area contributed by atoms with E-state index in [0.29, 0.717) is 39.3 Å². The maximum Gasteiger partial charge on any atom is 4.00 e. The van der Waals surface area contributed by atoms with Gasteiger partial charge >= 0.3 is 26.2 Å². The fourth-order valence-corrected chi connectivity index (χ4v) is 5.09. The van der Waals surface area contributed by atoms with Crippen LogP contribution in [-0.2, 0) is 51.2 Å². The molecule has 6 heteroatoms. The molecule has 2 aliphatic rings. The smallest absolute Gasteiger partial charge is 0.377 e. The molecule has 2 aliphatic carbocycles. The second-order valence-corrected chi connectivity index (χ2v) is 9.86. The van der Waals surface area contributed by atoms with Crippen molar-refractivity contribution in [2.45, 2.75) is 97.5 Å². The van der Waals surface area contributed by atoms with Gasteiger partial charge in [0.2, 0.25) is 0 Å². The normalized spacial score (nSPS) is 15.7. The van der Waals surface area contributed by atoms with Gasteiger partial charge in [0.1, 0.15) is 0 Å².